The number of hydrogen-bond acceptors (Lipinski definition) is 5. The van der Waals surface area contributed by atoms with Gasteiger partial charge in [-0.1, -0.05) is 0 Å². The molecule has 25 heavy (non-hydrogen) atoms. The smallest absolute Gasteiger partial charge is 0.367 e. The molecule has 3 rings (SSSR count). The lowest BCUT2D eigenvalue weighted by Crippen LogP contribution is -2.32. The largest absolute Gasteiger partial charge is 0.434 e. The summed E-state index contributed by atoms with van der Waals surface area (Å²) in [6, 6.07) is 1.48. The molecule has 1 fully saturated rings. The summed E-state index contributed by atoms with van der Waals surface area (Å²) in [4.78, 5) is 11.9. The number of aryl methyl sites for hydroxylation is 1. The lowest BCUT2D eigenvalue weighted by molar-refractivity contribution is -0.140. The summed E-state index contributed by atoms with van der Waals surface area (Å²) in [6.07, 6.45) is -4.29. The van der Waals surface area contributed by atoms with Crippen molar-refractivity contribution in [2.45, 2.75) is 50.7 Å². The molecule has 0 amide bonds. The Bertz CT molecular complexity index is 749. The molecular weight excluding hydrogens is 363 g/mol. The van der Waals surface area contributed by atoms with Crippen LogP contribution < -0.4 is 5.32 Å². The van der Waals surface area contributed by atoms with Gasteiger partial charge in [0.1, 0.15) is 5.82 Å². The van der Waals surface area contributed by atoms with Crippen molar-refractivity contribution in [3.63, 3.8) is 0 Å². The van der Waals surface area contributed by atoms with Crippen LogP contribution in [-0.4, -0.2) is 26.9 Å². The SMILES string of the molecule is Cc1cc(NC2CCC(F)(F)CC2)nc(-c2nc(C(F)(F)F)cs2)n1. The van der Waals surface area contributed by atoms with E-state index < -0.39 is 17.8 Å². The second-order valence-corrected chi connectivity index (χ2v) is 6.89. The molecule has 1 aliphatic rings. The Kier molecular flexibility index (Phi) is 4.65. The molecule has 1 aliphatic carbocycles. The van der Waals surface area contributed by atoms with Gasteiger partial charge in [0, 0.05) is 36.0 Å². The van der Waals surface area contributed by atoms with Crippen molar-refractivity contribution >= 4 is 17.2 Å². The van der Waals surface area contributed by atoms with Crippen LogP contribution in [0.25, 0.3) is 10.8 Å². The van der Waals surface area contributed by atoms with Crippen LogP contribution >= 0.6 is 11.3 Å². The van der Waals surface area contributed by atoms with Gasteiger partial charge in [-0.3, -0.25) is 0 Å². The van der Waals surface area contributed by atoms with E-state index in [0.717, 1.165) is 16.7 Å². The Morgan fingerprint density at radius 2 is 1.84 bits per heavy atom. The predicted molar refractivity (Wildman–Crippen MR) is 83.7 cm³/mol. The van der Waals surface area contributed by atoms with Crippen molar-refractivity contribution in [3.8, 4) is 10.8 Å². The first kappa shape index (κ1) is 18.0. The van der Waals surface area contributed by atoms with E-state index in [4.69, 9.17) is 0 Å². The average Bonchev–Trinajstić information content (AvgIpc) is 2.99. The van der Waals surface area contributed by atoms with Gasteiger partial charge in [-0.15, -0.1) is 11.3 Å². The number of nitrogens with one attached hydrogen (secondary N) is 1. The molecule has 2 aromatic rings. The maximum absolute atomic E-state index is 13.2. The molecule has 0 bridgehead atoms. The number of halogens is 5. The molecule has 0 saturated heterocycles. The standard InChI is InChI=1S/C15H15F5N4S/c1-8-6-11(22-9-2-4-14(16,17)5-3-9)24-12(21-8)13-23-10(7-25-13)15(18,19)20/h6-7,9H,2-5H2,1H3,(H,21,22,24). The van der Waals surface area contributed by atoms with Crippen LogP contribution in [0.15, 0.2) is 11.4 Å². The zero-order valence-corrected chi connectivity index (χ0v) is 14.0. The number of nitrogens with zero attached hydrogens (tertiary/aromatic N) is 3. The fraction of sp³-hybridized carbons (Fsp3) is 0.533. The molecule has 136 valence electrons. The number of anilines is 1. The third kappa shape index (κ3) is 4.42. The Balaban J connectivity index is 1.78. The zero-order chi connectivity index (χ0) is 18.2. The molecule has 0 aromatic carbocycles. The lowest BCUT2D eigenvalue weighted by atomic mass is 9.92. The maximum atomic E-state index is 13.2. The topological polar surface area (TPSA) is 50.7 Å². The molecule has 0 unspecified atom stereocenters. The highest BCUT2D eigenvalue weighted by Crippen LogP contribution is 2.35. The first-order chi connectivity index (χ1) is 11.6. The third-order valence-electron chi connectivity index (χ3n) is 3.91. The van der Waals surface area contributed by atoms with Crippen LogP contribution in [0.3, 0.4) is 0 Å². The van der Waals surface area contributed by atoms with Crippen molar-refractivity contribution in [1.82, 2.24) is 15.0 Å². The molecule has 0 aliphatic heterocycles. The third-order valence-corrected chi connectivity index (χ3v) is 4.75. The van der Waals surface area contributed by atoms with Crippen LogP contribution in [-0.2, 0) is 6.18 Å². The first-order valence-electron chi connectivity index (χ1n) is 7.65. The van der Waals surface area contributed by atoms with E-state index in [1.807, 2.05) is 0 Å². The summed E-state index contributed by atoms with van der Waals surface area (Å²) in [6.45, 7) is 1.68. The van der Waals surface area contributed by atoms with Crippen molar-refractivity contribution in [3.05, 3.63) is 22.8 Å². The molecule has 0 spiro atoms. The predicted octanol–water partition coefficient (Wildman–Crippen LogP) is 4.92. The zero-order valence-electron chi connectivity index (χ0n) is 13.2. The van der Waals surface area contributed by atoms with E-state index in [9.17, 15) is 22.0 Å². The summed E-state index contributed by atoms with van der Waals surface area (Å²) in [5, 5.41) is 4.05. The van der Waals surface area contributed by atoms with Gasteiger partial charge in [0.25, 0.3) is 0 Å². The van der Waals surface area contributed by atoms with Gasteiger partial charge >= 0.3 is 6.18 Å². The Labute approximate surface area is 144 Å². The number of rotatable bonds is 3. The first-order valence-corrected chi connectivity index (χ1v) is 8.53. The lowest BCUT2D eigenvalue weighted by Gasteiger charge is -2.29. The van der Waals surface area contributed by atoms with Crippen LogP contribution in [0.5, 0.6) is 0 Å². The van der Waals surface area contributed by atoms with Gasteiger partial charge in [-0.05, 0) is 19.8 Å². The van der Waals surface area contributed by atoms with Crippen LogP contribution in [0, 0.1) is 6.92 Å². The summed E-state index contributed by atoms with van der Waals surface area (Å²) in [5.74, 6) is -2.13. The molecule has 1 N–H and O–H groups in total. The van der Waals surface area contributed by atoms with E-state index in [1.54, 1.807) is 13.0 Å². The fourth-order valence-corrected chi connectivity index (χ4v) is 3.40. The van der Waals surface area contributed by atoms with E-state index in [1.165, 1.54) is 0 Å². The van der Waals surface area contributed by atoms with Gasteiger partial charge < -0.3 is 5.32 Å². The highest BCUT2D eigenvalue weighted by atomic mass is 32.1. The minimum atomic E-state index is -4.52. The van der Waals surface area contributed by atoms with E-state index in [-0.39, 0.29) is 29.7 Å². The van der Waals surface area contributed by atoms with E-state index in [0.29, 0.717) is 24.4 Å². The summed E-state index contributed by atoms with van der Waals surface area (Å²) >= 11 is 0.810. The van der Waals surface area contributed by atoms with Crippen molar-refractivity contribution in [2.75, 3.05) is 5.32 Å². The molecule has 10 heteroatoms. The second-order valence-electron chi connectivity index (χ2n) is 6.03. The minimum absolute atomic E-state index is 0.0641. The molecule has 0 atom stereocenters. The summed E-state index contributed by atoms with van der Waals surface area (Å²) < 4.78 is 64.5. The van der Waals surface area contributed by atoms with Gasteiger partial charge in [0.05, 0.1) is 0 Å². The van der Waals surface area contributed by atoms with Crippen molar-refractivity contribution in [1.29, 1.82) is 0 Å². The molecule has 1 saturated carbocycles. The minimum Gasteiger partial charge on any atom is -0.367 e. The molecular formula is C15H15F5N4S. The van der Waals surface area contributed by atoms with Crippen molar-refractivity contribution < 1.29 is 22.0 Å². The average molecular weight is 378 g/mol. The van der Waals surface area contributed by atoms with E-state index in [2.05, 4.69) is 20.3 Å². The summed E-state index contributed by atoms with van der Waals surface area (Å²) in [5.41, 5.74) is -0.431. The molecule has 2 heterocycles. The van der Waals surface area contributed by atoms with Gasteiger partial charge in [0.2, 0.25) is 5.92 Å². The van der Waals surface area contributed by atoms with Gasteiger partial charge in [-0.2, -0.15) is 13.2 Å². The second kappa shape index (κ2) is 6.47. The Morgan fingerprint density at radius 3 is 2.44 bits per heavy atom. The van der Waals surface area contributed by atoms with Crippen LogP contribution in [0.4, 0.5) is 27.8 Å². The number of aromatic nitrogens is 3. The molecule has 2 aromatic heterocycles. The maximum Gasteiger partial charge on any atom is 0.434 e. The Hall–Kier alpha value is -1.84. The number of hydrogen-bond donors (Lipinski definition) is 1. The molecule has 0 radical (unpaired) electrons. The Morgan fingerprint density at radius 1 is 1.16 bits per heavy atom. The van der Waals surface area contributed by atoms with Crippen LogP contribution in [0.1, 0.15) is 37.1 Å². The monoisotopic (exact) mass is 378 g/mol. The van der Waals surface area contributed by atoms with Gasteiger partial charge in [0.15, 0.2) is 16.5 Å². The van der Waals surface area contributed by atoms with Gasteiger partial charge in [-0.25, -0.2) is 23.7 Å². The number of alkyl halides is 5. The van der Waals surface area contributed by atoms with Crippen molar-refractivity contribution in [2.24, 2.45) is 0 Å². The van der Waals surface area contributed by atoms with Crippen LogP contribution in [0.2, 0.25) is 0 Å². The quantitative estimate of drug-likeness (QED) is 0.771. The molecule has 4 nitrogen and oxygen atoms in total. The fourth-order valence-electron chi connectivity index (χ4n) is 2.64. The highest BCUT2D eigenvalue weighted by molar-refractivity contribution is 7.13. The highest BCUT2D eigenvalue weighted by Gasteiger charge is 2.35. The number of thiazole rings is 1. The van der Waals surface area contributed by atoms with E-state index >= 15 is 0 Å². The summed E-state index contributed by atoms with van der Waals surface area (Å²) in [7, 11) is 0. The normalized spacial score (nSPS) is 18.3.